The molecule has 0 radical (unpaired) electrons. The van der Waals surface area contributed by atoms with Crippen LogP contribution in [0, 0.1) is 5.82 Å². The molecule has 92 valence electrons. The minimum atomic E-state index is -0.326. The number of halogens is 1. The molecule has 1 fully saturated rings. The highest BCUT2D eigenvalue weighted by Crippen LogP contribution is 2.27. The van der Waals surface area contributed by atoms with E-state index in [0.717, 1.165) is 12.0 Å². The summed E-state index contributed by atoms with van der Waals surface area (Å²) in [7, 11) is 0. The van der Waals surface area contributed by atoms with E-state index in [4.69, 9.17) is 10.5 Å². The van der Waals surface area contributed by atoms with Crippen LogP contribution in [0.4, 0.5) is 9.18 Å². The fourth-order valence-corrected chi connectivity index (χ4v) is 1.92. The molecule has 0 spiro atoms. The lowest BCUT2D eigenvalue weighted by Crippen LogP contribution is -2.29. The van der Waals surface area contributed by atoms with Crippen molar-refractivity contribution >= 4 is 6.09 Å². The first-order chi connectivity index (χ1) is 8.22. The van der Waals surface area contributed by atoms with E-state index in [2.05, 4.69) is 0 Å². The third kappa shape index (κ3) is 2.55. The summed E-state index contributed by atoms with van der Waals surface area (Å²) in [6.07, 6.45) is 0.403. The number of hydrogen-bond acceptors (Lipinski definition) is 3. The number of hydrogen-bond donors (Lipinski definition) is 1. The predicted molar refractivity (Wildman–Crippen MR) is 60.9 cm³/mol. The van der Waals surface area contributed by atoms with Gasteiger partial charge in [0.1, 0.15) is 12.4 Å². The van der Waals surface area contributed by atoms with E-state index in [0.29, 0.717) is 19.7 Å². The first-order valence-electron chi connectivity index (χ1n) is 5.61. The van der Waals surface area contributed by atoms with Crippen LogP contribution in [-0.4, -0.2) is 30.7 Å². The summed E-state index contributed by atoms with van der Waals surface area (Å²) >= 11 is 0. The highest BCUT2D eigenvalue weighted by molar-refractivity contribution is 5.70. The van der Waals surface area contributed by atoms with Crippen molar-refractivity contribution < 1.29 is 13.9 Å². The highest BCUT2D eigenvalue weighted by atomic mass is 19.1. The van der Waals surface area contributed by atoms with Gasteiger partial charge in [0.2, 0.25) is 0 Å². The second kappa shape index (κ2) is 5.14. The van der Waals surface area contributed by atoms with E-state index in [1.54, 1.807) is 17.0 Å². The largest absolute Gasteiger partial charge is 0.447 e. The monoisotopic (exact) mass is 238 g/mol. The van der Waals surface area contributed by atoms with E-state index < -0.39 is 0 Å². The molecule has 1 aliphatic heterocycles. The molecule has 1 aromatic carbocycles. The minimum Gasteiger partial charge on any atom is -0.447 e. The van der Waals surface area contributed by atoms with E-state index in [-0.39, 0.29) is 18.0 Å². The molecule has 1 atom stereocenters. The van der Waals surface area contributed by atoms with Gasteiger partial charge >= 0.3 is 6.09 Å². The maximum atomic E-state index is 12.8. The first kappa shape index (κ1) is 11.9. The number of nitrogens with two attached hydrogens (primary N) is 1. The quantitative estimate of drug-likeness (QED) is 0.868. The van der Waals surface area contributed by atoms with Crippen molar-refractivity contribution in [3.05, 3.63) is 35.6 Å². The SMILES string of the molecule is NCCCN1C(=O)OCC1c1ccc(F)cc1. The summed E-state index contributed by atoms with van der Waals surface area (Å²) < 4.78 is 17.8. The Bertz CT molecular complexity index is 394. The van der Waals surface area contributed by atoms with Crippen LogP contribution in [0.1, 0.15) is 18.0 Å². The number of nitrogens with zero attached hydrogens (tertiary/aromatic N) is 1. The van der Waals surface area contributed by atoms with Crippen molar-refractivity contribution in [2.45, 2.75) is 12.5 Å². The third-order valence-corrected chi connectivity index (χ3v) is 2.83. The zero-order valence-electron chi connectivity index (χ0n) is 9.43. The van der Waals surface area contributed by atoms with Gasteiger partial charge in [-0.15, -0.1) is 0 Å². The van der Waals surface area contributed by atoms with Crippen LogP contribution >= 0.6 is 0 Å². The molecule has 0 saturated carbocycles. The van der Waals surface area contributed by atoms with Gasteiger partial charge in [0.05, 0.1) is 6.04 Å². The number of cyclic esters (lactones) is 1. The standard InChI is InChI=1S/C12H15FN2O2/c13-10-4-2-9(3-5-10)11-8-17-12(16)15(11)7-1-6-14/h2-5,11H,1,6-8,14H2. The second-order valence-electron chi connectivity index (χ2n) is 3.98. The average Bonchev–Trinajstić information content (AvgIpc) is 2.69. The fourth-order valence-electron chi connectivity index (χ4n) is 1.92. The summed E-state index contributed by atoms with van der Waals surface area (Å²) in [5.41, 5.74) is 6.31. The number of carbonyl (C=O) groups is 1. The summed E-state index contributed by atoms with van der Waals surface area (Å²) in [4.78, 5) is 13.2. The molecule has 17 heavy (non-hydrogen) atoms. The lowest BCUT2D eigenvalue weighted by atomic mass is 10.1. The summed E-state index contributed by atoms with van der Waals surface area (Å²) in [5.74, 6) is -0.285. The fraction of sp³-hybridized carbons (Fsp3) is 0.417. The molecule has 1 amide bonds. The van der Waals surface area contributed by atoms with Crippen LogP contribution in [0.5, 0.6) is 0 Å². The lowest BCUT2D eigenvalue weighted by Gasteiger charge is -2.21. The van der Waals surface area contributed by atoms with Gasteiger partial charge < -0.3 is 10.5 Å². The zero-order chi connectivity index (χ0) is 12.3. The van der Waals surface area contributed by atoms with Gasteiger partial charge in [0, 0.05) is 6.54 Å². The highest BCUT2D eigenvalue weighted by Gasteiger charge is 2.33. The Labute approximate surface area is 99.2 Å². The van der Waals surface area contributed by atoms with Crippen molar-refractivity contribution in [3.8, 4) is 0 Å². The number of carbonyl (C=O) groups excluding carboxylic acids is 1. The molecule has 1 aromatic rings. The number of rotatable bonds is 4. The summed E-state index contributed by atoms with van der Waals surface area (Å²) in [5, 5.41) is 0. The molecule has 2 rings (SSSR count). The molecule has 0 aromatic heterocycles. The molecule has 0 bridgehead atoms. The number of amides is 1. The average molecular weight is 238 g/mol. The van der Waals surface area contributed by atoms with E-state index in [1.165, 1.54) is 12.1 Å². The maximum Gasteiger partial charge on any atom is 0.410 e. The zero-order valence-corrected chi connectivity index (χ0v) is 9.43. The lowest BCUT2D eigenvalue weighted by molar-refractivity contribution is 0.157. The van der Waals surface area contributed by atoms with Crippen LogP contribution in [0.3, 0.4) is 0 Å². The minimum absolute atomic E-state index is 0.130. The van der Waals surface area contributed by atoms with Crippen molar-refractivity contribution in [2.75, 3.05) is 19.7 Å². The van der Waals surface area contributed by atoms with Crippen molar-refractivity contribution in [3.63, 3.8) is 0 Å². The van der Waals surface area contributed by atoms with E-state index in [1.807, 2.05) is 0 Å². The Hall–Kier alpha value is -1.62. The first-order valence-corrected chi connectivity index (χ1v) is 5.61. The van der Waals surface area contributed by atoms with Crippen molar-refractivity contribution in [2.24, 2.45) is 5.73 Å². The van der Waals surface area contributed by atoms with E-state index in [9.17, 15) is 9.18 Å². The molecule has 1 saturated heterocycles. The van der Waals surface area contributed by atoms with Gasteiger partial charge in [0.15, 0.2) is 0 Å². The van der Waals surface area contributed by atoms with Gasteiger partial charge in [0.25, 0.3) is 0 Å². The van der Waals surface area contributed by atoms with Crippen molar-refractivity contribution in [1.82, 2.24) is 4.90 Å². The molecule has 5 heteroatoms. The van der Waals surface area contributed by atoms with Crippen LogP contribution in [0.25, 0.3) is 0 Å². The third-order valence-electron chi connectivity index (χ3n) is 2.83. The molecular weight excluding hydrogens is 223 g/mol. The normalized spacial score (nSPS) is 19.5. The number of ether oxygens (including phenoxy) is 1. The summed E-state index contributed by atoms with van der Waals surface area (Å²) in [6.45, 7) is 1.41. The van der Waals surface area contributed by atoms with Gasteiger partial charge in [-0.25, -0.2) is 9.18 Å². The van der Waals surface area contributed by atoms with Gasteiger partial charge in [-0.05, 0) is 30.7 Å². The molecule has 4 nitrogen and oxygen atoms in total. The Morgan fingerprint density at radius 3 is 2.76 bits per heavy atom. The van der Waals surface area contributed by atoms with Gasteiger partial charge in [-0.1, -0.05) is 12.1 Å². The molecular formula is C12H15FN2O2. The number of benzene rings is 1. The maximum absolute atomic E-state index is 12.8. The molecule has 1 heterocycles. The Morgan fingerprint density at radius 1 is 1.41 bits per heavy atom. The van der Waals surface area contributed by atoms with Crippen LogP contribution in [0.2, 0.25) is 0 Å². The molecule has 0 aliphatic carbocycles. The summed E-state index contributed by atoms with van der Waals surface area (Å²) in [6, 6.07) is 6.00. The Morgan fingerprint density at radius 2 is 2.12 bits per heavy atom. The molecule has 1 aliphatic rings. The van der Waals surface area contributed by atoms with Gasteiger partial charge in [-0.3, -0.25) is 4.90 Å². The Kier molecular flexibility index (Phi) is 3.58. The van der Waals surface area contributed by atoms with E-state index >= 15 is 0 Å². The van der Waals surface area contributed by atoms with Crippen LogP contribution in [-0.2, 0) is 4.74 Å². The van der Waals surface area contributed by atoms with Gasteiger partial charge in [-0.2, -0.15) is 0 Å². The van der Waals surface area contributed by atoms with Crippen molar-refractivity contribution in [1.29, 1.82) is 0 Å². The smallest absolute Gasteiger partial charge is 0.410 e. The van der Waals surface area contributed by atoms with Crippen LogP contribution < -0.4 is 5.73 Å². The Balaban J connectivity index is 2.13. The van der Waals surface area contributed by atoms with Crippen LogP contribution in [0.15, 0.2) is 24.3 Å². The molecule has 1 unspecified atom stereocenters. The molecule has 2 N–H and O–H groups in total. The second-order valence-corrected chi connectivity index (χ2v) is 3.98. The predicted octanol–water partition coefficient (Wildman–Crippen LogP) is 1.67. The topological polar surface area (TPSA) is 55.6 Å².